The summed E-state index contributed by atoms with van der Waals surface area (Å²) >= 11 is 0. The molecule has 0 amide bonds. The highest BCUT2D eigenvalue weighted by molar-refractivity contribution is 7.60. The van der Waals surface area contributed by atoms with Crippen molar-refractivity contribution in [1.82, 2.24) is 9.78 Å². The molecule has 20 heavy (non-hydrogen) atoms. The highest BCUT2D eigenvalue weighted by atomic mass is 31.2. The molecule has 8 nitrogen and oxygen atoms in total. The lowest BCUT2D eigenvalue weighted by Crippen LogP contribution is -2.07. The molecular formula is C11H9N2O6P. The molecule has 104 valence electrons. The van der Waals surface area contributed by atoms with Crippen molar-refractivity contribution >= 4 is 25.2 Å². The first-order valence-corrected chi connectivity index (χ1v) is 6.89. The minimum atomic E-state index is -4.35. The van der Waals surface area contributed by atoms with Gasteiger partial charge in [-0.05, 0) is 24.3 Å². The molecule has 0 bridgehead atoms. The first kappa shape index (κ1) is 14.1. The molecule has 0 aliphatic carbocycles. The molecule has 0 fully saturated rings. The van der Waals surface area contributed by atoms with Gasteiger partial charge in [-0.3, -0.25) is 9.36 Å². The van der Waals surface area contributed by atoms with Gasteiger partial charge in [0, 0.05) is 6.07 Å². The number of rotatable bonds is 4. The number of carboxylic acid groups (broad SMARTS) is 1. The van der Waals surface area contributed by atoms with Crippen molar-refractivity contribution in [1.29, 1.82) is 0 Å². The lowest BCUT2D eigenvalue weighted by molar-refractivity contribution is 0.0690. The third kappa shape index (κ3) is 2.67. The van der Waals surface area contributed by atoms with Crippen molar-refractivity contribution in [3.05, 3.63) is 41.7 Å². The maximum Gasteiger partial charge on any atom is 0.356 e. The number of hydrogen-bond donors (Lipinski definition) is 3. The Hall–Kier alpha value is -2.28. The number of aromatic nitrogens is 2. The monoisotopic (exact) mass is 296 g/mol. The van der Waals surface area contributed by atoms with Crippen LogP contribution >= 0.6 is 7.60 Å². The largest absolute Gasteiger partial charge is 0.476 e. The summed E-state index contributed by atoms with van der Waals surface area (Å²) in [6.45, 7) is 0. The first-order chi connectivity index (χ1) is 9.32. The minimum absolute atomic E-state index is 0.0197. The topological polar surface area (TPSA) is 130 Å². The van der Waals surface area contributed by atoms with Gasteiger partial charge in [-0.2, -0.15) is 5.10 Å². The van der Waals surface area contributed by atoms with Crippen molar-refractivity contribution < 1.29 is 29.0 Å². The molecule has 0 saturated carbocycles. The Morgan fingerprint density at radius 1 is 1.25 bits per heavy atom. The van der Waals surface area contributed by atoms with Crippen LogP contribution < -0.4 is 5.30 Å². The predicted molar refractivity (Wildman–Crippen MR) is 67.6 cm³/mol. The Balaban J connectivity index is 2.49. The van der Waals surface area contributed by atoms with E-state index in [0.29, 0.717) is 12.0 Å². The molecule has 0 radical (unpaired) electrons. The minimum Gasteiger partial charge on any atom is -0.476 e. The summed E-state index contributed by atoms with van der Waals surface area (Å²) in [6.07, 6.45) is 0.441. The van der Waals surface area contributed by atoms with Gasteiger partial charge < -0.3 is 14.9 Å². The van der Waals surface area contributed by atoms with Crippen molar-refractivity contribution in [2.24, 2.45) is 0 Å². The zero-order chi connectivity index (χ0) is 14.9. The molecule has 0 aliphatic heterocycles. The number of hydrogen-bond acceptors (Lipinski definition) is 4. The fourth-order valence-corrected chi connectivity index (χ4v) is 2.12. The molecule has 3 N–H and O–H groups in total. The fourth-order valence-electron chi connectivity index (χ4n) is 1.58. The van der Waals surface area contributed by atoms with Gasteiger partial charge in [0.2, 0.25) is 0 Å². The highest BCUT2D eigenvalue weighted by Crippen LogP contribution is 2.33. The first-order valence-electron chi connectivity index (χ1n) is 5.28. The van der Waals surface area contributed by atoms with E-state index in [1.54, 1.807) is 0 Å². The van der Waals surface area contributed by atoms with E-state index in [1.165, 1.54) is 24.3 Å². The molecule has 2 rings (SSSR count). The van der Waals surface area contributed by atoms with Gasteiger partial charge in [0.1, 0.15) is 5.69 Å². The summed E-state index contributed by atoms with van der Waals surface area (Å²) in [7, 11) is -4.35. The predicted octanol–water partition coefficient (Wildman–Crippen LogP) is 0.186. The lowest BCUT2D eigenvalue weighted by Gasteiger charge is -2.06. The van der Waals surface area contributed by atoms with Crippen LogP contribution in [0.25, 0.3) is 5.69 Å². The number of benzene rings is 1. The van der Waals surface area contributed by atoms with Crippen LogP contribution in [-0.4, -0.2) is 36.9 Å². The number of carboxylic acids is 1. The molecule has 0 unspecified atom stereocenters. The van der Waals surface area contributed by atoms with Gasteiger partial charge in [0.15, 0.2) is 12.0 Å². The van der Waals surface area contributed by atoms with E-state index >= 15 is 0 Å². The Labute approximate surface area is 112 Å². The second kappa shape index (κ2) is 5.01. The summed E-state index contributed by atoms with van der Waals surface area (Å²) < 4.78 is 12.1. The van der Waals surface area contributed by atoms with Gasteiger partial charge in [-0.25, -0.2) is 9.48 Å². The van der Waals surface area contributed by atoms with E-state index in [-0.39, 0.29) is 16.7 Å². The third-order valence-corrected chi connectivity index (χ3v) is 3.48. The summed E-state index contributed by atoms with van der Waals surface area (Å²) in [5, 5.41) is 12.4. The number of aldehydes is 1. The summed E-state index contributed by atoms with van der Waals surface area (Å²) in [4.78, 5) is 39.7. The maximum atomic E-state index is 11.0. The van der Waals surface area contributed by atoms with Crippen molar-refractivity contribution in [2.75, 3.05) is 0 Å². The van der Waals surface area contributed by atoms with Crippen LogP contribution in [0, 0.1) is 0 Å². The molecule has 0 saturated heterocycles. The Kier molecular flexibility index (Phi) is 3.54. The van der Waals surface area contributed by atoms with Crippen molar-refractivity contribution in [3.8, 4) is 5.69 Å². The van der Waals surface area contributed by atoms with E-state index in [1.807, 2.05) is 0 Å². The average Bonchev–Trinajstić information content (AvgIpc) is 2.82. The van der Waals surface area contributed by atoms with Gasteiger partial charge in [-0.15, -0.1) is 0 Å². The maximum absolute atomic E-state index is 11.0. The molecular weight excluding hydrogens is 287 g/mol. The molecule has 1 heterocycles. The molecule has 1 aromatic carbocycles. The molecule has 0 atom stereocenters. The number of nitrogens with zero attached hydrogens (tertiary/aromatic N) is 2. The van der Waals surface area contributed by atoms with E-state index in [4.69, 9.17) is 14.9 Å². The van der Waals surface area contributed by atoms with Crippen LogP contribution in [0.1, 0.15) is 21.0 Å². The Morgan fingerprint density at radius 3 is 2.30 bits per heavy atom. The van der Waals surface area contributed by atoms with E-state index in [0.717, 1.165) is 10.7 Å². The van der Waals surface area contributed by atoms with Gasteiger partial charge >= 0.3 is 13.6 Å². The smallest absolute Gasteiger partial charge is 0.356 e. The van der Waals surface area contributed by atoms with E-state index in [9.17, 15) is 14.2 Å². The number of carbonyl (C=O) groups excluding carboxylic acids is 1. The van der Waals surface area contributed by atoms with E-state index in [2.05, 4.69) is 5.10 Å². The van der Waals surface area contributed by atoms with Crippen LogP contribution in [0.3, 0.4) is 0 Å². The SMILES string of the molecule is O=Cc1cc(C(=O)O)nn1-c1ccc(P(=O)(O)O)cc1. The van der Waals surface area contributed by atoms with Crippen LogP contribution in [0.5, 0.6) is 0 Å². The van der Waals surface area contributed by atoms with Crippen LogP contribution in [0.4, 0.5) is 0 Å². The summed E-state index contributed by atoms with van der Waals surface area (Å²) in [5.41, 5.74) is 0.0364. The molecule has 2 aromatic rings. The zero-order valence-corrected chi connectivity index (χ0v) is 10.8. The lowest BCUT2D eigenvalue weighted by atomic mass is 10.3. The van der Waals surface area contributed by atoms with Crippen LogP contribution in [-0.2, 0) is 4.57 Å². The fraction of sp³-hybridized carbons (Fsp3) is 0. The quantitative estimate of drug-likeness (QED) is 0.542. The van der Waals surface area contributed by atoms with Gasteiger partial charge in [-0.1, -0.05) is 0 Å². The molecule has 0 spiro atoms. The van der Waals surface area contributed by atoms with Crippen LogP contribution in [0.15, 0.2) is 30.3 Å². The third-order valence-electron chi connectivity index (χ3n) is 2.51. The molecule has 1 aromatic heterocycles. The van der Waals surface area contributed by atoms with Crippen molar-refractivity contribution in [2.45, 2.75) is 0 Å². The zero-order valence-electron chi connectivity index (χ0n) is 9.87. The second-order valence-electron chi connectivity index (χ2n) is 3.85. The standard InChI is InChI=1S/C11H9N2O6P/c14-6-8-5-10(11(15)16)12-13(8)7-1-3-9(4-2-7)20(17,18)19/h1-6H,(H,15,16)(H2,17,18,19). The number of aromatic carboxylic acids is 1. The van der Waals surface area contributed by atoms with Crippen LogP contribution in [0.2, 0.25) is 0 Å². The van der Waals surface area contributed by atoms with Crippen molar-refractivity contribution in [3.63, 3.8) is 0 Å². The highest BCUT2D eigenvalue weighted by Gasteiger charge is 2.18. The normalized spacial score (nSPS) is 11.3. The van der Waals surface area contributed by atoms with E-state index < -0.39 is 13.6 Å². The van der Waals surface area contributed by atoms with Gasteiger partial charge in [0.25, 0.3) is 0 Å². The second-order valence-corrected chi connectivity index (χ2v) is 5.45. The van der Waals surface area contributed by atoms with Gasteiger partial charge in [0.05, 0.1) is 11.0 Å². The average molecular weight is 296 g/mol. The Morgan fingerprint density at radius 2 is 1.85 bits per heavy atom. The molecule has 0 aliphatic rings. The summed E-state index contributed by atoms with van der Waals surface area (Å²) in [6, 6.07) is 6.14. The Bertz CT molecular complexity index is 715. The number of carbonyl (C=O) groups is 2. The summed E-state index contributed by atoms with van der Waals surface area (Å²) in [5.74, 6) is -1.28. The molecule has 9 heteroatoms.